The van der Waals surface area contributed by atoms with E-state index in [0.29, 0.717) is 22.0 Å². The lowest BCUT2D eigenvalue weighted by Crippen LogP contribution is -2.20. The van der Waals surface area contributed by atoms with Gasteiger partial charge in [-0.15, -0.1) is 0 Å². The number of rotatable bonds is 6. The van der Waals surface area contributed by atoms with Gasteiger partial charge in [-0.25, -0.2) is 0 Å². The molecule has 2 aromatic carbocycles. The summed E-state index contributed by atoms with van der Waals surface area (Å²) < 4.78 is 5.42. The zero-order chi connectivity index (χ0) is 18.5. The SMILES string of the molecule is CCCc1cc(=O)[nH]c2cc(NC(=O)COc3ccc(Cl)cc3)ccc12. The van der Waals surface area contributed by atoms with Crippen molar-refractivity contribution in [3.05, 3.63) is 69.5 Å². The van der Waals surface area contributed by atoms with E-state index < -0.39 is 0 Å². The van der Waals surface area contributed by atoms with Gasteiger partial charge in [0.1, 0.15) is 5.75 Å². The summed E-state index contributed by atoms with van der Waals surface area (Å²) in [5, 5.41) is 4.37. The van der Waals surface area contributed by atoms with E-state index in [1.807, 2.05) is 12.1 Å². The second-order valence-corrected chi connectivity index (χ2v) is 6.40. The number of aryl methyl sites for hydroxylation is 1. The lowest BCUT2D eigenvalue weighted by Gasteiger charge is -2.10. The van der Waals surface area contributed by atoms with Crippen molar-refractivity contribution in [3.8, 4) is 5.75 Å². The minimum absolute atomic E-state index is 0.119. The molecule has 0 fully saturated rings. The summed E-state index contributed by atoms with van der Waals surface area (Å²) in [5.41, 5.74) is 2.18. The fourth-order valence-corrected chi connectivity index (χ4v) is 2.89. The summed E-state index contributed by atoms with van der Waals surface area (Å²) in [4.78, 5) is 26.7. The number of anilines is 1. The number of pyridine rings is 1. The molecule has 0 unspecified atom stereocenters. The van der Waals surface area contributed by atoms with Crippen molar-refractivity contribution in [2.45, 2.75) is 19.8 Å². The first-order chi connectivity index (χ1) is 12.5. The quantitative estimate of drug-likeness (QED) is 0.684. The van der Waals surface area contributed by atoms with E-state index in [1.54, 1.807) is 36.4 Å². The highest BCUT2D eigenvalue weighted by Crippen LogP contribution is 2.21. The van der Waals surface area contributed by atoms with Crippen LogP contribution in [0, 0.1) is 0 Å². The van der Waals surface area contributed by atoms with E-state index in [-0.39, 0.29) is 18.1 Å². The third-order valence-electron chi connectivity index (χ3n) is 3.92. The number of hydrogen-bond donors (Lipinski definition) is 2. The Morgan fingerprint density at radius 1 is 1.15 bits per heavy atom. The molecule has 0 aliphatic carbocycles. The lowest BCUT2D eigenvalue weighted by atomic mass is 10.0. The van der Waals surface area contributed by atoms with Gasteiger partial charge in [0.2, 0.25) is 5.56 Å². The molecular weight excluding hydrogens is 352 g/mol. The molecular formula is C20H19ClN2O3. The number of carbonyl (C=O) groups excluding carboxylic acids is 1. The molecule has 0 radical (unpaired) electrons. The standard InChI is InChI=1S/C20H19ClN2O3/c1-2-3-13-10-19(24)23-18-11-15(6-9-17(13)18)22-20(25)12-26-16-7-4-14(21)5-8-16/h4-11H,2-3,12H2,1H3,(H,22,25)(H,23,24). The Morgan fingerprint density at radius 2 is 1.92 bits per heavy atom. The number of nitrogens with one attached hydrogen (secondary N) is 2. The number of benzene rings is 2. The number of halogens is 1. The van der Waals surface area contributed by atoms with Crippen LogP contribution >= 0.6 is 11.6 Å². The molecule has 6 heteroatoms. The Labute approximate surface area is 156 Å². The topological polar surface area (TPSA) is 71.2 Å². The highest BCUT2D eigenvalue weighted by atomic mass is 35.5. The molecule has 0 aliphatic rings. The second-order valence-electron chi connectivity index (χ2n) is 5.96. The van der Waals surface area contributed by atoms with Gasteiger partial charge in [-0.05, 0) is 48.4 Å². The van der Waals surface area contributed by atoms with Crippen molar-refractivity contribution in [1.82, 2.24) is 4.98 Å². The summed E-state index contributed by atoms with van der Waals surface area (Å²) in [6.45, 7) is 1.95. The van der Waals surface area contributed by atoms with Gasteiger partial charge >= 0.3 is 0 Å². The highest BCUT2D eigenvalue weighted by molar-refractivity contribution is 6.30. The minimum Gasteiger partial charge on any atom is -0.484 e. The van der Waals surface area contributed by atoms with Crippen molar-refractivity contribution in [2.24, 2.45) is 0 Å². The van der Waals surface area contributed by atoms with Gasteiger partial charge in [0.15, 0.2) is 6.61 Å². The van der Waals surface area contributed by atoms with E-state index >= 15 is 0 Å². The van der Waals surface area contributed by atoms with Crippen LogP contribution in [0.1, 0.15) is 18.9 Å². The monoisotopic (exact) mass is 370 g/mol. The summed E-state index contributed by atoms with van der Waals surface area (Å²) in [6, 6.07) is 13.9. The van der Waals surface area contributed by atoms with Crippen molar-refractivity contribution in [3.63, 3.8) is 0 Å². The zero-order valence-corrected chi connectivity index (χ0v) is 15.1. The Bertz CT molecular complexity index is 981. The number of amides is 1. The van der Waals surface area contributed by atoms with Gasteiger partial charge in [0, 0.05) is 22.2 Å². The second kappa shape index (κ2) is 8.06. The van der Waals surface area contributed by atoms with Gasteiger partial charge in [0.05, 0.1) is 5.52 Å². The molecule has 26 heavy (non-hydrogen) atoms. The number of aromatic nitrogens is 1. The lowest BCUT2D eigenvalue weighted by molar-refractivity contribution is -0.118. The van der Waals surface area contributed by atoms with E-state index in [0.717, 1.165) is 23.8 Å². The predicted molar refractivity (Wildman–Crippen MR) is 104 cm³/mol. The summed E-state index contributed by atoms with van der Waals surface area (Å²) in [5.74, 6) is 0.281. The van der Waals surface area contributed by atoms with Crippen LogP contribution in [0.4, 0.5) is 5.69 Å². The molecule has 3 aromatic rings. The molecule has 0 aliphatic heterocycles. The van der Waals surface area contributed by atoms with Crippen LogP contribution in [0.3, 0.4) is 0 Å². The van der Waals surface area contributed by atoms with Crippen molar-refractivity contribution < 1.29 is 9.53 Å². The number of ether oxygens (including phenoxy) is 1. The Hall–Kier alpha value is -2.79. The third-order valence-corrected chi connectivity index (χ3v) is 4.17. The van der Waals surface area contributed by atoms with Crippen LogP contribution in [-0.4, -0.2) is 17.5 Å². The third kappa shape index (κ3) is 4.43. The molecule has 1 aromatic heterocycles. The number of hydrogen-bond acceptors (Lipinski definition) is 3. The number of H-pyrrole nitrogens is 1. The average molecular weight is 371 g/mol. The zero-order valence-electron chi connectivity index (χ0n) is 14.3. The van der Waals surface area contributed by atoms with Crippen LogP contribution in [0.2, 0.25) is 5.02 Å². The van der Waals surface area contributed by atoms with Crippen molar-refractivity contribution >= 4 is 34.1 Å². The molecule has 0 bridgehead atoms. The van der Waals surface area contributed by atoms with Crippen LogP contribution in [0.15, 0.2) is 53.3 Å². The highest BCUT2D eigenvalue weighted by Gasteiger charge is 2.07. The van der Waals surface area contributed by atoms with E-state index in [4.69, 9.17) is 16.3 Å². The fourth-order valence-electron chi connectivity index (χ4n) is 2.76. The van der Waals surface area contributed by atoms with Crippen LogP contribution in [-0.2, 0) is 11.2 Å². The van der Waals surface area contributed by atoms with Gasteiger partial charge in [-0.2, -0.15) is 0 Å². The Kier molecular flexibility index (Phi) is 5.58. The molecule has 134 valence electrons. The first-order valence-electron chi connectivity index (χ1n) is 8.39. The molecule has 5 nitrogen and oxygen atoms in total. The maximum Gasteiger partial charge on any atom is 0.262 e. The van der Waals surface area contributed by atoms with Crippen LogP contribution in [0.5, 0.6) is 5.75 Å². The predicted octanol–water partition coefficient (Wildman–Crippen LogP) is 4.15. The molecule has 2 N–H and O–H groups in total. The molecule has 0 saturated carbocycles. The van der Waals surface area contributed by atoms with Gasteiger partial charge in [-0.3, -0.25) is 9.59 Å². The number of aromatic amines is 1. The smallest absolute Gasteiger partial charge is 0.262 e. The number of fused-ring (bicyclic) bond motifs is 1. The maximum atomic E-state index is 12.1. The summed E-state index contributed by atoms with van der Waals surface area (Å²) >= 11 is 5.81. The number of carbonyl (C=O) groups is 1. The summed E-state index contributed by atoms with van der Waals surface area (Å²) in [7, 11) is 0. The first kappa shape index (κ1) is 18.0. The van der Waals surface area contributed by atoms with Gasteiger partial charge < -0.3 is 15.0 Å². The van der Waals surface area contributed by atoms with Crippen molar-refractivity contribution in [1.29, 1.82) is 0 Å². The van der Waals surface area contributed by atoms with Crippen LogP contribution < -0.4 is 15.6 Å². The molecule has 0 spiro atoms. The fraction of sp³-hybridized carbons (Fsp3) is 0.200. The Morgan fingerprint density at radius 3 is 2.65 bits per heavy atom. The first-order valence-corrected chi connectivity index (χ1v) is 8.77. The normalized spacial score (nSPS) is 10.7. The van der Waals surface area contributed by atoms with E-state index in [9.17, 15) is 9.59 Å². The average Bonchev–Trinajstić information content (AvgIpc) is 2.61. The van der Waals surface area contributed by atoms with Crippen molar-refractivity contribution in [2.75, 3.05) is 11.9 Å². The Balaban J connectivity index is 1.71. The molecule has 3 rings (SSSR count). The molecule has 1 heterocycles. The molecule has 0 saturated heterocycles. The molecule has 0 atom stereocenters. The maximum absolute atomic E-state index is 12.1. The van der Waals surface area contributed by atoms with E-state index in [2.05, 4.69) is 17.2 Å². The van der Waals surface area contributed by atoms with Gasteiger partial charge in [-0.1, -0.05) is 31.0 Å². The van der Waals surface area contributed by atoms with E-state index in [1.165, 1.54) is 0 Å². The van der Waals surface area contributed by atoms with Crippen LogP contribution in [0.25, 0.3) is 10.9 Å². The molecule has 1 amide bonds. The minimum atomic E-state index is -0.286. The van der Waals surface area contributed by atoms with Gasteiger partial charge in [0.25, 0.3) is 5.91 Å². The summed E-state index contributed by atoms with van der Waals surface area (Å²) in [6.07, 6.45) is 1.79. The largest absolute Gasteiger partial charge is 0.484 e.